The monoisotopic (exact) mass is 370 g/mol. The molecule has 27 heavy (non-hydrogen) atoms. The Balaban J connectivity index is 1.64. The van der Waals surface area contributed by atoms with Crippen LogP contribution in [0.3, 0.4) is 0 Å². The van der Waals surface area contributed by atoms with Crippen LogP contribution in [0.4, 0.5) is 16.2 Å². The highest BCUT2D eigenvalue weighted by molar-refractivity contribution is 6.01. The van der Waals surface area contributed by atoms with Gasteiger partial charge in [-0.1, -0.05) is 0 Å². The summed E-state index contributed by atoms with van der Waals surface area (Å²) in [6.45, 7) is 0.611. The number of methoxy groups -OCH3 is 2. The zero-order valence-corrected chi connectivity index (χ0v) is 15.3. The lowest BCUT2D eigenvalue weighted by Gasteiger charge is -2.32. The van der Waals surface area contributed by atoms with Crippen molar-refractivity contribution in [2.24, 2.45) is 0 Å². The van der Waals surface area contributed by atoms with Crippen molar-refractivity contribution < 1.29 is 19.1 Å². The first kappa shape index (κ1) is 18.5. The van der Waals surface area contributed by atoms with Crippen LogP contribution < -0.4 is 25.0 Å². The maximum atomic E-state index is 12.7. The van der Waals surface area contributed by atoms with Gasteiger partial charge in [-0.05, 0) is 37.1 Å². The van der Waals surface area contributed by atoms with E-state index in [0.717, 1.165) is 12.1 Å². The second kappa shape index (κ2) is 8.39. The Morgan fingerprint density at radius 3 is 2.74 bits per heavy atom. The van der Waals surface area contributed by atoms with Gasteiger partial charge >= 0.3 is 6.03 Å². The molecule has 8 nitrogen and oxygen atoms in total. The molecule has 1 fully saturated rings. The number of pyridine rings is 1. The molecule has 8 heteroatoms. The number of rotatable bonds is 5. The summed E-state index contributed by atoms with van der Waals surface area (Å²) in [5.41, 5.74) is 1.27. The first-order chi connectivity index (χ1) is 13.1. The molecule has 3 amide bonds. The Bertz CT molecular complexity index is 813. The van der Waals surface area contributed by atoms with Crippen LogP contribution in [0.15, 0.2) is 42.7 Å². The average Bonchev–Trinajstić information content (AvgIpc) is 2.70. The Labute approximate surface area is 157 Å². The second-order valence-corrected chi connectivity index (χ2v) is 6.06. The van der Waals surface area contributed by atoms with Gasteiger partial charge in [0.25, 0.3) is 0 Å². The molecule has 2 N–H and O–H groups in total. The predicted molar refractivity (Wildman–Crippen MR) is 101 cm³/mol. The largest absolute Gasteiger partial charge is 0.493 e. The van der Waals surface area contributed by atoms with Gasteiger partial charge in [0.15, 0.2) is 11.5 Å². The van der Waals surface area contributed by atoms with Crippen molar-refractivity contribution in [1.82, 2.24) is 10.3 Å². The molecule has 142 valence electrons. The topological polar surface area (TPSA) is 92.8 Å². The van der Waals surface area contributed by atoms with Crippen LogP contribution in [-0.4, -0.2) is 43.7 Å². The summed E-state index contributed by atoms with van der Waals surface area (Å²) >= 11 is 0. The number of nitrogens with zero attached hydrogens (tertiary/aromatic N) is 2. The van der Waals surface area contributed by atoms with Crippen LogP contribution >= 0.6 is 0 Å². The second-order valence-electron chi connectivity index (χ2n) is 6.06. The number of nitrogens with one attached hydrogen (secondary N) is 2. The SMILES string of the molecule is COc1ccc(NC(=O)NC2CCCN(c3cccnc3)C2=O)cc1OC. The van der Waals surface area contributed by atoms with Crippen molar-refractivity contribution in [3.05, 3.63) is 42.7 Å². The minimum atomic E-state index is -0.584. The van der Waals surface area contributed by atoms with Crippen LogP contribution in [0.25, 0.3) is 0 Å². The van der Waals surface area contributed by atoms with E-state index in [9.17, 15) is 9.59 Å². The van der Waals surface area contributed by atoms with E-state index in [4.69, 9.17) is 9.47 Å². The van der Waals surface area contributed by atoms with Crippen molar-refractivity contribution in [3.8, 4) is 11.5 Å². The summed E-state index contributed by atoms with van der Waals surface area (Å²) in [7, 11) is 3.07. The maximum Gasteiger partial charge on any atom is 0.319 e. The molecule has 1 aliphatic heterocycles. The molecule has 1 aromatic heterocycles. The molecule has 2 heterocycles. The summed E-state index contributed by atoms with van der Waals surface area (Å²) in [5.74, 6) is 0.932. The molecular weight excluding hydrogens is 348 g/mol. The zero-order chi connectivity index (χ0) is 19.2. The third-order valence-corrected chi connectivity index (χ3v) is 4.34. The molecule has 0 saturated carbocycles. The molecule has 1 aliphatic rings. The van der Waals surface area contributed by atoms with Crippen LogP contribution in [0.1, 0.15) is 12.8 Å². The van der Waals surface area contributed by atoms with Gasteiger partial charge in [-0.3, -0.25) is 9.78 Å². The molecule has 0 radical (unpaired) electrons. The lowest BCUT2D eigenvalue weighted by atomic mass is 10.0. The number of carbonyl (C=O) groups excluding carboxylic acids is 2. The molecule has 1 saturated heterocycles. The van der Waals surface area contributed by atoms with Crippen molar-refractivity contribution in [2.45, 2.75) is 18.9 Å². The summed E-state index contributed by atoms with van der Waals surface area (Å²) < 4.78 is 10.4. The predicted octanol–water partition coefficient (Wildman–Crippen LogP) is 2.42. The lowest BCUT2D eigenvalue weighted by molar-refractivity contribution is -0.121. The zero-order valence-electron chi connectivity index (χ0n) is 15.3. The van der Waals surface area contributed by atoms with Crippen LogP contribution in [0.5, 0.6) is 11.5 Å². The summed E-state index contributed by atoms with van der Waals surface area (Å²) in [5, 5.41) is 5.47. The standard InChI is InChI=1S/C19H22N4O4/c1-26-16-8-7-13(11-17(16)27-2)21-19(25)22-15-6-4-10-23(18(15)24)14-5-3-9-20-12-14/h3,5,7-9,11-12,15H,4,6,10H2,1-2H3,(H2,21,22,25). The van der Waals surface area contributed by atoms with Gasteiger partial charge in [-0.25, -0.2) is 4.79 Å². The van der Waals surface area contributed by atoms with Gasteiger partial charge in [0.2, 0.25) is 5.91 Å². The number of amides is 3. The van der Waals surface area contributed by atoms with Crippen molar-refractivity contribution in [3.63, 3.8) is 0 Å². The first-order valence-corrected chi connectivity index (χ1v) is 8.63. The fourth-order valence-electron chi connectivity index (χ4n) is 3.02. The number of urea groups is 1. The molecule has 0 aliphatic carbocycles. The molecule has 1 unspecified atom stereocenters. The molecule has 0 spiro atoms. The Morgan fingerprint density at radius 2 is 2.04 bits per heavy atom. The number of hydrogen-bond donors (Lipinski definition) is 2. The Kier molecular flexibility index (Phi) is 5.75. The van der Waals surface area contributed by atoms with Crippen LogP contribution in [-0.2, 0) is 4.79 Å². The van der Waals surface area contributed by atoms with E-state index >= 15 is 0 Å². The van der Waals surface area contributed by atoms with Crippen molar-refractivity contribution in [2.75, 3.05) is 31.0 Å². The van der Waals surface area contributed by atoms with Gasteiger partial charge in [0.1, 0.15) is 6.04 Å². The Hall–Kier alpha value is -3.29. The fourth-order valence-corrected chi connectivity index (χ4v) is 3.02. The quantitative estimate of drug-likeness (QED) is 0.843. The minimum Gasteiger partial charge on any atom is -0.493 e. The smallest absolute Gasteiger partial charge is 0.319 e. The molecule has 1 atom stereocenters. The number of piperidine rings is 1. The molecule has 3 rings (SSSR count). The van der Waals surface area contributed by atoms with Gasteiger partial charge in [-0.2, -0.15) is 0 Å². The van der Waals surface area contributed by atoms with E-state index in [0.29, 0.717) is 30.2 Å². The number of ether oxygens (including phenoxy) is 2. The number of benzene rings is 1. The highest BCUT2D eigenvalue weighted by atomic mass is 16.5. The van der Waals surface area contributed by atoms with E-state index in [-0.39, 0.29) is 5.91 Å². The van der Waals surface area contributed by atoms with Gasteiger partial charge in [0, 0.05) is 24.5 Å². The minimum absolute atomic E-state index is 0.142. The molecule has 2 aromatic rings. The highest BCUT2D eigenvalue weighted by Gasteiger charge is 2.30. The van der Waals surface area contributed by atoms with Gasteiger partial charge < -0.3 is 25.0 Å². The third kappa shape index (κ3) is 4.28. The number of aromatic nitrogens is 1. The van der Waals surface area contributed by atoms with Crippen LogP contribution in [0.2, 0.25) is 0 Å². The normalized spacial score (nSPS) is 16.6. The first-order valence-electron chi connectivity index (χ1n) is 8.63. The van der Waals surface area contributed by atoms with E-state index in [1.54, 1.807) is 48.7 Å². The van der Waals surface area contributed by atoms with Crippen molar-refractivity contribution in [1.29, 1.82) is 0 Å². The average molecular weight is 370 g/mol. The van der Waals surface area contributed by atoms with Crippen molar-refractivity contribution >= 4 is 23.3 Å². The summed E-state index contributed by atoms with van der Waals surface area (Å²) in [6.07, 6.45) is 4.69. The van der Waals surface area contributed by atoms with E-state index in [1.165, 1.54) is 7.11 Å². The molecule has 0 bridgehead atoms. The summed E-state index contributed by atoms with van der Waals surface area (Å²) in [4.78, 5) is 30.8. The Morgan fingerprint density at radius 1 is 1.22 bits per heavy atom. The summed E-state index contributed by atoms with van der Waals surface area (Å²) in [6, 6.07) is 7.63. The number of anilines is 2. The van der Waals surface area contributed by atoms with Crippen LogP contribution in [0, 0.1) is 0 Å². The number of carbonyl (C=O) groups is 2. The van der Waals surface area contributed by atoms with E-state index < -0.39 is 12.1 Å². The van der Waals surface area contributed by atoms with E-state index in [2.05, 4.69) is 15.6 Å². The maximum absolute atomic E-state index is 12.7. The molecular formula is C19H22N4O4. The van der Waals surface area contributed by atoms with Gasteiger partial charge in [0.05, 0.1) is 26.1 Å². The van der Waals surface area contributed by atoms with Gasteiger partial charge in [-0.15, -0.1) is 0 Å². The third-order valence-electron chi connectivity index (χ3n) is 4.34. The fraction of sp³-hybridized carbons (Fsp3) is 0.316. The molecule has 1 aromatic carbocycles. The highest BCUT2D eigenvalue weighted by Crippen LogP contribution is 2.29. The van der Waals surface area contributed by atoms with E-state index in [1.807, 2.05) is 6.07 Å². The number of hydrogen-bond acceptors (Lipinski definition) is 5. The lowest BCUT2D eigenvalue weighted by Crippen LogP contribution is -2.53.